The van der Waals surface area contributed by atoms with Crippen LogP contribution in [-0.2, 0) is 0 Å². The fourth-order valence-electron chi connectivity index (χ4n) is 1.40. The van der Waals surface area contributed by atoms with Crippen LogP contribution in [0.3, 0.4) is 0 Å². The van der Waals surface area contributed by atoms with Gasteiger partial charge in [0.1, 0.15) is 0 Å². The van der Waals surface area contributed by atoms with Crippen LogP contribution in [0.4, 0.5) is 11.4 Å². The van der Waals surface area contributed by atoms with Gasteiger partial charge in [0.15, 0.2) is 0 Å². The zero-order chi connectivity index (χ0) is 12.0. The minimum Gasteiger partial charge on any atom is -0.397 e. The number of hydrogen-bond donors (Lipinski definition) is 2. The van der Waals surface area contributed by atoms with Crippen molar-refractivity contribution >= 4 is 34.7 Å². The predicted octanol–water partition coefficient (Wildman–Crippen LogP) is 3.87. The molecule has 0 aliphatic rings. The molecule has 1 rings (SSSR count). The van der Waals surface area contributed by atoms with Crippen LogP contribution in [0.1, 0.15) is 20.3 Å². The lowest BCUT2D eigenvalue weighted by Gasteiger charge is -2.16. The van der Waals surface area contributed by atoms with Gasteiger partial charge in [-0.3, -0.25) is 0 Å². The third-order valence-corrected chi connectivity index (χ3v) is 3.48. The molecule has 0 heterocycles. The molecule has 0 bridgehead atoms. The van der Waals surface area contributed by atoms with Crippen LogP contribution in [0, 0.1) is 0 Å². The Hall–Kier alpha value is -0.540. The van der Waals surface area contributed by atoms with E-state index in [1.54, 1.807) is 6.07 Å². The van der Waals surface area contributed by atoms with Gasteiger partial charge in [-0.25, -0.2) is 0 Å². The van der Waals surface area contributed by atoms with Crippen LogP contribution in [0.5, 0.6) is 0 Å². The Morgan fingerprint density at radius 2 is 2.25 bits per heavy atom. The maximum atomic E-state index is 5.93. The molecule has 4 heteroatoms. The molecule has 0 spiro atoms. The van der Waals surface area contributed by atoms with E-state index in [1.807, 2.05) is 23.9 Å². The molecule has 0 aliphatic carbocycles. The van der Waals surface area contributed by atoms with Gasteiger partial charge < -0.3 is 11.1 Å². The molecule has 1 unspecified atom stereocenters. The highest BCUT2D eigenvalue weighted by Crippen LogP contribution is 2.24. The van der Waals surface area contributed by atoms with Crippen LogP contribution in [0.15, 0.2) is 18.2 Å². The molecule has 1 aromatic rings. The van der Waals surface area contributed by atoms with Gasteiger partial charge in [0.2, 0.25) is 0 Å². The summed E-state index contributed by atoms with van der Waals surface area (Å²) in [5, 5.41) is 4.10. The molecule has 1 atom stereocenters. The summed E-state index contributed by atoms with van der Waals surface area (Å²) in [5.41, 5.74) is 7.55. The second kappa shape index (κ2) is 6.92. The van der Waals surface area contributed by atoms with E-state index in [2.05, 4.69) is 19.2 Å². The molecule has 0 fully saturated rings. The molecule has 0 saturated heterocycles. The topological polar surface area (TPSA) is 38.0 Å². The SMILES string of the molecule is CCSCCC(C)Nc1cc(Cl)ccc1N. The van der Waals surface area contributed by atoms with Gasteiger partial charge in [0, 0.05) is 11.1 Å². The number of benzene rings is 1. The molecular formula is C12H19ClN2S. The molecule has 0 radical (unpaired) electrons. The highest BCUT2D eigenvalue weighted by molar-refractivity contribution is 7.99. The van der Waals surface area contributed by atoms with Crippen molar-refractivity contribution in [3.8, 4) is 0 Å². The van der Waals surface area contributed by atoms with Crippen molar-refractivity contribution in [2.75, 3.05) is 22.6 Å². The largest absolute Gasteiger partial charge is 0.397 e. The van der Waals surface area contributed by atoms with Crippen molar-refractivity contribution < 1.29 is 0 Å². The first-order chi connectivity index (χ1) is 7.63. The van der Waals surface area contributed by atoms with Crippen LogP contribution >= 0.6 is 23.4 Å². The van der Waals surface area contributed by atoms with Crippen molar-refractivity contribution in [1.82, 2.24) is 0 Å². The molecule has 1 aromatic carbocycles. The van der Waals surface area contributed by atoms with E-state index in [-0.39, 0.29) is 0 Å². The Labute approximate surface area is 107 Å². The van der Waals surface area contributed by atoms with Gasteiger partial charge >= 0.3 is 0 Å². The molecule has 90 valence electrons. The fraction of sp³-hybridized carbons (Fsp3) is 0.500. The van der Waals surface area contributed by atoms with Crippen molar-refractivity contribution in [3.05, 3.63) is 23.2 Å². The van der Waals surface area contributed by atoms with Gasteiger partial charge in [0.05, 0.1) is 11.4 Å². The van der Waals surface area contributed by atoms with E-state index in [0.717, 1.165) is 17.8 Å². The van der Waals surface area contributed by atoms with Crippen LogP contribution in [-0.4, -0.2) is 17.5 Å². The minimum absolute atomic E-state index is 0.416. The number of hydrogen-bond acceptors (Lipinski definition) is 3. The lowest BCUT2D eigenvalue weighted by molar-refractivity contribution is 0.772. The minimum atomic E-state index is 0.416. The maximum absolute atomic E-state index is 5.93. The summed E-state index contributed by atoms with van der Waals surface area (Å²) >= 11 is 7.88. The average Bonchev–Trinajstić information content (AvgIpc) is 2.24. The molecule has 3 N–H and O–H groups in total. The molecule has 0 amide bonds. The summed E-state index contributed by atoms with van der Waals surface area (Å²) in [7, 11) is 0. The summed E-state index contributed by atoms with van der Waals surface area (Å²) in [4.78, 5) is 0. The van der Waals surface area contributed by atoms with E-state index < -0.39 is 0 Å². The number of rotatable bonds is 6. The Balaban J connectivity index is 2.48. The molecule has 0 aliphatic heterocycles. The van der Waals surface area contributed by atoms with Crippen LogP contribution < -0.4 is 11.1 Å². The smallest absolute Gasteiger partial charge is 0.0590 e. The van der Waals surface area contributed by atoms with E-state index in [9.17, 15) is 0 Å². The first kappa shape index (κ1) is 13.5. The molecule has 0 saturated carbocycles. The normalized spacial score (nSPS) is 12.4. The third-order valence-electron chi connectivity index (χ3n) is 2.32. The number of halogens is 1. The average molecular weight is 259 g/mol. The fourth-order valence-corrected chi connectivity index (χ4v) is 2.38. The van der Waals surface area contributed by atoms with Crippen molar-refractivity contribution in [3.63, 3.8) is 0 Å². The van der Waals surface area contributed by atoms with Gasteiger partial charge in [-0.05, 0) is 43.0 Å². The van der Waals surface area contributed by atoms with Gasteiger partial charge in [0.25, 0.3) is 0 Å². The predicted molar refractivity (Wildman–Crippen MR) is 76.6 cm³/mol. The Morgan fingerprint density at radius 1 is 1.50 bits per heavy atom. The van der Waals surface area contributed by atoms with Crippen molar-refractivity contribution in [2.24, 2.45) is 0 Å². The maximum Gasteiger partial charge on any atom is 0.0590 e. The highest BCUT2D eigenvalue weighted by atomic mass is 35.5. The highest BCUT2D eigenvalue weighted by Gasteiger charge is 2.05. The number of nitrogens with one attached hydrogen (secondary N) is 1. The third kappa shape index (κ3) is 4.54. The molecule has 0 aromatic heterocycles. The Morgan fingerprint density at radius 3 is 2.94 bits per heavy atom. The monoisotopic (exact) mass is 258 g/mol. The second-order valence-electron chi connectivity index (χ2n) is 3.76. The number of anilines is 2. The van der Waals surface area contributed by atoms with E-state index in [1.165, 1.54) is 11.5 Å². The van der Waals surface area contributed by atoms with Gasteiger partial charge in [-0.15, -0.1) is 0 Å². The van der Waals surface area contributed by atoms with E-state index >= 15 is 0 Å². The van der Waals surface area contributed by atoms with Crippen molar-refractivity contribution in [2.45, 2.75) is 26.3 Å². The summed E-state index contributed by atoms with van der Waals surface area (Å²) < 4.78 is 0. The quantitative estimate of drug-likeness (QED) is 0.601. The zero-order valence-electron chi connectivity index (χ0n) is 9.79. The summed E-state index contributed by atoms with van der Waals surface area (Å²) in [6.45, 7) is 4.34. The zero-order valence-corrected chi connectivity index (χ0v) is 11.4. The lowest BCUT2D eigenvalue weighted by atomic mass is 10.2. The van der Waals surface area contributed by atoms with Gasteiger partial charge in [-0.2, -0.15) is 11.8 Å². The summed E-state index contributed by atoms with van der Waals surface area (Å²) in [5.74, 6) is 2.34. The number of nitrogens with two attached hydrogens (primary N) is 1. The first-order valence-electron chi connectivity index (χ1n) is 5.52. The molecule has 16 heavy (non-hydrogen) atoms. The number of nitrogen functional groups attached to an aromatic ring is 1. The number of thioether (sulfide) groups is 1. The lowest BCUT2D eigenvalue weighted by Crippen LogP contribution is -2.17. The van der Waals surface area contributed by atoms with Gasteiger partial charge in [-0.1, -0.05) is 18.5 Å². The van der Waals surface area contributed by atoms with Crippen LogP contribution in [0.2, 0.25) is 5.02 Å². The standard InChI is InChI=1S/C12H19ClN2S/c1-3-16-7-6-9(2)15-12-8-10(13)4-5-11(12)14/h4-5,8-9,15H,3,6-7,14H2,1-2H3. The summed E-state index contributed by atoms with van der Waals surface area (Å²) in [6, 6.07) is 5.93. The van der Waals surface area contributed by atoms with Crippen LogP contribution in [0.25, 0.3) is 0 Å². The van der Waals surface area contributed by atoms with Crippen molar-refractivity contribution in [1.29, 1.82) is 0 Å². The molecule has 2 nitrogen and oxygen atoms in total. The van der Waals surface area contributed by atoms with E-state index in [0.29, 0.717) is 11.1 Å². The van der Waals surface area contributed by atoms with E-state index in [4.69, 9.17) is 17.3 Å². The second-order valence-corrected chi connectivity index (χ2v) is 5.59. The Bertz CT molecular complexity index is 331. The Kier molecular flexibility index (Phi) is 5.85. The summed E-state index contributed by atoms with van der Waals surface area (Å²) in [6.07, 6.45) is 1.13. The first-order valence-corrected chi connectivity index (χ1v) is 7.06. The molecular weight excluding hydrogens is 240 g/mol.